The van der Waals surface area contributed by atoms with Gasteiger partial charge in [0.1, 0.15) is 11.1 Å². The number of hydrogen-bond acceptors (Lipinski definition) is 8. The third-order valence-corrected chi connectivity index (χ3v) is 7.58. The first-order valence-electron chi connectivity index (χ1n) is 10.8. The van der Waals surface area contributed by atoms with Crippen molar-refractivity contribution in [1.82, 2.24) is 9.97 Å². The number of anilines is 2. The Hall–Kier alpha value is -3.72. The second-order valence-corrected chi connectivity index (χ2v) is 9.95. The van der Waals surface area contributed by atoms with Gasteiger partial charge in [0, 0.05) is 30.2 Å². The van der Waals surface area contributed by atoms with Crippen LogP contribution in [0.3, 0.4) is 0 Å². The second-order valence-electron chi connectivity index (χ2n) is 7.68. The maximum atomic E-state index is 12.8. The quantitative estimate of drug-likeness (QED) is 0.192. The molecule has 3 rings (SSSR count). The third kappa shape index (κ3) is 5.60. The first-order valence-corrected chi connectivity index (χ1v) is 12.5. The number of aromatic nitrogens is 2. The molecule has 0 aromatic carbocycles. The largest absolute Gasteiger partial charge is 0.411 e. The lowest BCUT2D eigenvalue weighted by Gasteiger charge is -2.40. The second kappa shape index (κ2) is 11.4. The van der Waals surface area contributed by atoms with Crippen molar-refractivity contribution in [3.8, 4) is 0 Å². The number of sulfone groups is 1. The molecule has 0 aliphatic carbocycles. The summed E-state index contributed by atoms with van der Waals surface area (Å²) in [5, 5.41) is 11.0. The molecule has 0 bridgehead atoms. The first-order chi connectivity index (χ1) is 16.4. The molecule has 0 amide bonds. The van der Waals surface area contributed by atoms with E-state index in [0.717, 1.165) is 11.3 Å². The lowest BCUT2D eigenvalue weighted by molar-refractivity contribution is 0.322. The van der Waals surface area contributed by atoms with Crippen molar-refractivity contribution >= 4 is 27.6 Å². The van der Waals surface area contributed by atoms with Crippen LogP contribution < -0.4 is 9.80 Å². The van der Waals surface area contributed by atoms with Crippen LogP contribution in [-0.2, 0) is 16.4 Å². The summed E-state index contributed by atoms with van der Waals surface area (Å²) in [5.74, 6) is 0.726. The molecule has 1 N–H and O–H groups in total. The van der Waals surface area contributed by atoms with Crippen molar-refractivity contribution < 1.29 is 13.6 Å². The topological polar surface area (TPSA) is 99.0 Å². The summed E-state index contributed by atoms with van der Waals surface area (Å²) in [5.41, 5.74) is 2.36. The monoisotopic (exact) mass is 479 g/mol. The molecule has 1 saturated heterocycles. The molecular formula is C25H29N5O3S. The number of pyridine rings is 2. The molecule has 1 aliphatic heterocycles. The summed E-state index contributed by atoms with van der Waals surface area (Å²) in [6.45, 7) is 10.6. The van der Waals surface area contributed by atoms with E-state index in [2.05, 4.69) is 28.3 Å². The fourth-order valence-electron chi connectivity index (χ4n) is 3.97. The van der Waals surface area contributed by atoms with Gasteiger partial charge in [-0.1, -0.05) is 36.0 Å². The zero-order chi connectivity index (χ0) is 24.6. The minimum Gasteiger partial charge on any atom is -0.411 e. The van der Waals surface area contributed by atoms with Crippen molar-refractivity contribution in [3.05, 3.63) is 97.7 Å². The van der Waals surface area contributed by atoms with Crippen molar-refractivity contribution in [2.45, 2.75) is 24.8 Å². The Morgan fingerprint density at radius 3 is 2.82 bits per heavy atom. The van der Waals surface area contributed by atoms with Gasteiger partial charge in [0.15, 0.2) is 9.84 Å². The van der Waals surface area contributed by atoms with Gasteiger partial charge in [0.05, 0.1) is 36.4 Å². The zero-order valence-corrected chi connectivity index (χ0v) is 19.9. The molecule has 0 spiro atoms. The van der Waals surface area contributed by atoms with E-state index in [4.69, 9.17) is 5.21 Å². The van der Waals surface area contributed by atoms with Gasteiger partial charge >= 0.3 is 0 Å². The summed E-state index contributed by atoms with van der Waals surface area (Å²) >= 11 is 0. The molecule has 34 heavy (non-hydrogen) atoms. The van der Waals surface area contributed by atoms with E-state index < -0.39 is 21.1 Å². The minimum atomic E-state index is -3.30. The number of nitrogens with zero attached hydrogens (tertiary/aromatic N) is 5. The average Bonchev–Trinajstić information content (AvgIpc) is 2.84. The molecule has 1 fully saturated rings. The maximum Gasteiger partial charge on any atom is 0.160 e. The standard InChI is InChI=1S/C25H29N5O3S/c1-4-9-24-23(5-2)29(16-17-34(24,32)33)25-21(11-7-14-27-25)19-30(20(3)10-6-15-28-31)22-12-8-13-26-18-22/h4-15,18,23-24,31H,2-3,16-17,19H2,1H3/b9-4-,10-6-,28-15+. The molecule has 2 aromatic heterocycles. The lowest BCUT2D eigenvalue weighted by atomic mass is 10.1. The minimum absolute atomic E-state index is 0.0324. The van der Waals surface area contributed by atoms with E-state index in [9.17, 15) is 8.42 Å². The van der Waals surface area contributed by atoms with Gasteiger partial charge in [-0.2, -0.15) is 0 Å². The molecule has 1 aliphatic rings. The number of allylic oxidation sites excluding steroid dienone is 3. The van der Waals surface area contributed by atoms with Crippen molar-refractivity contribution in [3.63, 3.8) is 0 Å². The van der Waals surface area contributed by atoms with E-state index in [1.54, 1.807) is 49.0 Å². The predicted molar refractivity (Wildman–Crippen MR) is 137 cm³/mol. The van der Waals surface area contributed by atoms with Crippen LogP contribution in [0.4, 0.5) is 11.5 Å². The summed E-state index contributed by atoms with van der Waals surface area (Å²) in [6, 6.07) is 7.13. The molecule has 3 heterocycles. The molecule has 0 radical (unpaired) electrons. The molecule has 2 atom stereocenters. The average molecular weight is 480 g/mol. The Labute approximate surface area is 200 Å². The van der Waals surface area contributed by atoms with Crippen molar-refractivity contribution in [2.24, 2.45) is 5.16 Å². The van der Waals surface area contributed by atoms with Crippen LogP contribution in [-0.4, -0.2) is 53.4 Å². The number of rotatable bonds is 9. The van der Waals surface area contributed by atoms with E-state index in [0.29, 0.717) is 24.6 Å². The highest BCUT2D eigenvalue weighted by molar-refractivity contribution is 7.92. The SMILES string of the molecule is C=CC1C(/C=C\C)S(=O)(=O)CCN1c1ncccc1CN(C(=C)/C=C\C=N\O)c1cccnc1. The highest BCUT2D eigenvalue weighted by atomic mass is 32.2. The van der Waals surface area contributed by atoms with Crippen molar-refractivity contribution in [2.75, 3.05) is 22.1 Å². The smallest absolute Gasteiger partial charge is 0.160 e. The zero-order valence-electron chi connectivity index (χ0n) is 19.1. The van der Waals surface area contributed by atoms with E-state index in [-0.39, 0.29) is 5.75 Å². The van der Waals surface area contributed by atoms with Gasteiger partial charge in [0.2, 0.25) is 0 Å². The number of hydrogen-bond donors (Lipinski definition) is 1. The first kappa shape index (κ1) is 24.9. The normalized spacial score (nSPS) is 20.2. The summed E-state index contributed by atoms with van der Waals surface area (Å²) < 4.78 is 25.5. The van der Waals surface area contributed by atoms with Crippen LogP contribution >= 0.6 is 0 Å². The van der Waals surface area contributed by atoms with Gasteiger partial charge in [-0.05, 0) is 37.3 Å². The highest BCUT2D eigenvalue weighted by Crippen LogP contribution is 2.31. The van der Waals surface area contributed by atoms with Gasteiger partial charge in [-0.15, -0.1) is 6.58 Å². The Balaban J connectivity index is 2.01. The molecular weight excluding hydrogens is 450 g/mol. The molecule has 8 nitrogen and oxygen atoms in total. The Morgan fingerprint density at radius 1 is 1.35 bits per heavy atom. The van der Waals surface area contributed by atoms with Crippen LogP contribution in [0, 0.1) is 0 Å². The van der Waals surface area contributed by atoms with E-state index >= 15 is 0 Å². The number of oxime groups is 1. The summed E-state index contributed by atoms with van der Waals surface area (Å²) in [7, 11) is -3.30. The lowest BCUT2D eigenvalue weighted by Crippen LogP contribution is -2.53. The Bertz CT molecular complexity index is 1190. The molecule has 9 heteroatoms. The van der Waals surface area contributed by atoms with Gasteiger partial charge in [0.25, 0.3) is 0 Å². The Morgan fingerprint density at radius 2 is 2.15 bits per heavy atom. The summed E-state index contributed by atoms with van der Waals surface area (Å²) in [4.78, 5) is 12.8. The molecule has 0 saturated carbocycles. The Kier molecular flexibility index (Phi) is 8.37. The molecule has 2 aromatic rings. The third-order valence-electron chi connectivity index (χ3n) is 5.57. The molecule has 178 valence electrons. The molecule has 2 unspecified atom stereocenters. The fourth-order valence-corrected chi connectivity index (χ4v) is 5.77. The van der Waals surface area contributed by atoms with Crippen LogP contribution in [0.25, 0.3) is 0 Å². The summed E-state index contributed by atoms with van der Waals surface area (Å²) in [6.07, 6.45) is 14.8. The van der Waals surface area contributed by atoms with Crippen LogP contribution in [0.1, 0.15) is 12.5 Å². The van der Waals surface area contributed by atoms with E-state index in [1.807, 2.05) is 41.0 Å². The predicted octanol–water partition coefficient (Wildman–Crippen LogP) is 3.75. The van der Waals surface area contributed by atoms with Crippen molar-refractivity contribution in [1.29, 1.82) is 0 Å². The maximum absolute atomic E-state index is 12.8. The van der Waals surface area contributed by atoms with E-state index in [1.165, 1.54) is 6.21 Å². The van der Waals surface area contributed by atoms with Crippen LogP contribution in [0.5, 0.6) is 0 Å². The van der Waals surface area contributed by atoms with Crippen LogP contribution in [0.15, 0.2) is 97.2 Å². The van der Waals surface area contributed by atoms with Gasteiger partial charge < -0.3 is 15.0 Å². The van der Waals surface area contributed by atoms with Gasteiger partial charge in [-0.25, -0.2) is 13.4 Å². The fraction of sp³-hybridized carbons (Fsp3) is 0.240. The van der Waals surface area contributed by atoms with Gasteiger partial charge in [-0.3, -0.25) is 4.98 Å². The van der Waals surface area contributed by atoms with Crippen LogP contribution in [0.2, 0.25) is 0 Å². The highest BCUT2D eigenvalue weighted by Gasteiger charge is 2.39.